The van der Waals surface area contributed by atoms with Gasteiger partial charge in [0.15, 0.2) is 5.78 Å². The van der Waals surface area contributed by atoms with Crippen LogP contribution in [-0.2, 0) is 13.6 Å². The summed E-state index contributed by atoms with van der Waals surface area (Å²) in [5.41, 5.74) is 2.81. The summed E-state index contributed by atoms with van der Waals surface area (Å²) in [4.78, 5) is 29.3. The van der Waals surface area contributed by atoms with E-state index in [-0.39, 0.29) is 17.9 Å². The minimum absolute atomic E-state index is 0.0431. The SMILES string of the molecule is Cc1cc(C(=O)Cn2cnc3ccc(Cl)cc3c2=O)c(C)n1C. The van der Waals surface area contributed by atoms with Crippen LogP contribution in [0.15, 0.2) is 35.4 Å². The Hall–Kier alpha value is -2.40. The monoisotopic (exact) mass is 329 g/mol. The standard InChI is InChI=1S/C17H16ClN3O2/c1-10-6-13(11(2)20(10)3)16(22)8-21-9-19-15-5-4-12(18)7-14(15)17(21)23/h4-7,9H,8H2,1-3H3. The van der Waals surface area contributed by atoms with Crippen LogP contribution in [0.25, 0.3) is 10.9 Å². The average molecular weight is 330 g/mol. The number of carbonyl (C=O) groups excluding carboxylic acids is 1. The summed E-state index contributed by atoms with van der Waals surface area (Å²) < 4.78 is 3.27. The lowest BCUT2D eigenvalue weighted by Crippen LogP contribution is -2.24. The summed E-state index contributed by atoms with van der Waals surface area (Å²) in [6.07, 6.45) is 1.40. The molecule has 0 amide bonds. The van der Waals surface area contributed by atoms with E-state index in [2.05, 4.69) is 4.98 Å². The highest BCUT2D eigenvalue weighted by molar-refractivity contribution is 6.31. The van der Waals surface area contributed by atoms with Gasteiger partial charge in [0.2, 0.25) is 0 Å². The predicted molar refractivity (Wildman–Crippen MR) is 90.2 cm³/mol. The molecule has 3 rings (SSSR count). The average Bonchev–Trinajstić information content (AvgIpc) is 2.78. The lowest BCUT2D eigenvalue weighted by atomic mass is 10.1. The highest BCUT2D eigenvalue weighted by Crippen LogP contribution is 2.16. The van der Waals surface area contributed by atoms with Crippen molar-refractivity contribution in [3.05, 3.63) is 62.9 Å². The molecule has 3 aromatic rings. The van der Waals surface area contributed by atoms with Gasteiger partial charge in [0, 0.05) is 29.0 Å². The van der Waals surface area contributed by atoms with Gasteiger partial charge in [0.1, 0.15) is 0 Å². The Morgan fingerprint density at radius 3 is 2.65 bits per heavy atom. The molecule has 6 heteroatoms. The number of rotatable bonds is 3. The first-order chi connectivity index (χ1) is 10.9. The Bertz CT molecular complexity index is 985. The molecular weight excluding hydrogens is 314 g/mol. The number of fused-ring (bicyclic) bond motifs is 1. The summed E-state index contributed by atoms with van der Waals surface area (Å²) in [6.45, 7) is 3.79. The quantitative estimate of drug-likeness (QED) is 0.694. The van der Waals surface area contributed by atoms with E-state index in [0.29, 0.717) is 21.5 Å². The molecule has 0 saturated heterocycles. The summed E-state index contributed by atoms with van der Waals surface area (Å²) in [5, 5.41) is 0.878. The molecule has 0 N–H and O–H groups in total. The largest absolute Gasteiger partial charge is 0.351 e. The van der Waals surface area contributed by atoms with Crippen molar-refractivity contribution in [1.29, 1.82) is 0 Å². The Labute approximate surface area is 138 Å². The number of halogens is 1. The first-order valence-electron chi connectivity index (χ1n) is 7.19. The molecule has 0 atom stereocenters. The van der Waals surface area contributed by atoms with Gasteiger partial charge in [0.05, 0.1) is 23.8 Å². The van der Waals surface area contributed by atoms with Crippen molar-refractivity contribution in [2.24, 2.45) is 7.05 Å². The number of ketones is 1. The highest BCUT2D eigenvalue weighted by atomic mass is 35.5. The van der Waals surface area contributed by atoms with Gasteiger partial charge in [-0.3, -0.25) is 14.2 Å². The lowest BCUT2D eigenvalue weighted by Gasteiger charge is -2.07. The van der Waals surface area contributed by atoms with Gasteiger partial charge in [-0.05, 0) is 38.1 Å². The van der Waals surface area contributed by atoms with Crippen LogP contribution in [-0.4, -0.2) is 19.9 Å². The van der Waals surface area contributed by atoms with Gasteiger partial charge < -0.3 is 4.57 Å². The van der Waals surface area contributed by atoms with Crippen LogP contribution in [0.3, 0.4) is 0 Å². The second kappa shape index (κ2) is 5.66. The van der Waals surface area contributed by atoms with E-state index in [4.69, 9.17) is 11.6 Å². The van der Waals surface area contributed by atoms with Crippen molar-refractivity contribution in [2.75, 3.05) is 0 Å². The summed E-state index contributed by atoms with van der Waals surface area (Å²) in [5.74, 6) is -0.114. The van der Waals surface area contributed by atoms with E-state index in [9.17, 15) is 9.59 Å². The molecule has 2 aromatic heterocycles. The fraction of sp³-hybridized carbons (Fsp3) is 0.235. The van der Waals surface area contributed by atoms with Crippen molar-refractivity contribution in [3.63, 3.8) is 0 Å². The minimum atomic E-state index is -0.267. The van der Waals surface area contributed by atoms with Gasteiger partial charge in [-0.25, -0.2) is 4.98 Å². The maximum atomic E-state index is 12.5. The number of hydrogen-bond donors (Lipinski definition) is 0. The number of hydrogen-bond acceptors (Lipinski definition) is 3. The summed E-state index contributed by atoms with van der Waals surface area (Å²) in [6, 6.07) is 6.79. The number of nitrogens with zero attached hydrogens (tertiary/aromatic N) is 3. The highest BCUT2D eigenvalue weighted by Gasteiger charge is 2.15. The summed E-state index contributed by atoms with van der Waals surface area (Å²) >= 11 is 5.94. The molecule has 0 fully saturated rings. The van der Waals surface area contributed by atoms with E-state index < -0.39 is 0 Å². The number of Topliss-reactive ketones (excluding diaryl/α,β-unsaturated/α-hetero) is 1. The number of carbonyl (C=O) groups is 1. The Morgan fingerprint density at radius 2 is 2.00 bits per heavy atom. The van der Waals surface area contributed by atoms with Crippen molar-refractivity contribution >= 4 is 28.3 Å². The summed E-state index contributed by atoms with van der Waals surface area (Å²) in [7, 11) is 1.91. The molecule has 0 spiro atoms. The predicted octanol–water partition coefficient (Wildman–Crippen LogP) is 2.89. The molecule has 0 unspecified atom stereocenters. The molecule has 0 saturated carbocycles. The molecule has 0 radical (unpaired) electrons. The van der Waals surface area contributed by atoms with Crippen molar-refractivity contribution in [2.45, 2.75) is 20.4 Å². The fourth-order valence-corrected chi connectivity index (χ4v) is 2.79. The van der Waals surface area contributed by atoms with Crippen molar-refractivity contribution in [3.8, 4) is 0 Å². The smallest absolute Gasteiger partial charge is 0.261 e. The van der Waals surface area contributed by atoms with Gasteiger partial charge in [0.25, 0.3) is 5.56 Å². The third kappa shape index (κ3) is 2.68. The third-order valence-corrected chi connectivity index (χ3v) is 4.41. The minimum Gasteiger partial charge on any atom is -0.351 e. The first kappa shape index (κ1) is 15.5. The zero-order chi connectivity index (χ0) is 16.7. The van der Waals surface area contributed by atoms with Gasteiger partial charge in [-0.1, -0.05) is 11.6 Å². The molecule has 0 aliphatic heterocycles. The molecule has 1 aromatic carbocycles. The number of benzene rings is 1. The van der Waals surface area contributed by atoms with Crippen LogP contribution in [0.1, 0.15) is 21.7 Å². The van der Waals surface area contributed by atoms with E-state index in [1.165, 1.54) is 10.9 Å². The zero-order valence-electron chi connectivity index (χ0n) is 13.1. The van der Waals surface area contributed by atoms with Crippen LogP contribution in [0.5, 0.6) is 0 Å². The van der Waals surface area contributed by atoms with Crippen molar-refractivity contribution in [1.82, 2.24) is 14.1 Å². The number of aryl methyl sites for hydroxylation is 1. The van der Waals surface area contributed by atoms with Crippen molar-refractivity contribution < 1.29 is 4.79 Å². The van der Waals surface area contributed by atoms with E-state index >= 15 is 0 Å². The second-order valence-electron chi connectivity index (χ2n) is 5.61. The van der Waals surface area contributed by atoms with E-state index in [1.54, 1.807) is 18.2 Å². The molecule has 5 nitrogen and oxygen atoms in total. The normalized spacial score (nSPS) is 11.1. The van der Waals surface area contributed by atoms with Crippen LogP contribution in [0.2, 0.25) is 5.02 Å². The van der Waals surface area contributed by atoms with Crippen LogP contribution in [0, 0.1) is 13.8 Å². The van der Waals surface area contributed by atoms with Crippen LogP contribution < -0.4 is 5.56 Å². The molecule has 0 aliphatic rings. The van der Waals surface area contributed by atoms with Gasteiger partial charge in [-0.2, -0.15) is 0 Å². The molecule has 23 heavy (non-hydrogen) atoms. The topological polar surface area (TPSA) is 56.9 Å². The molecule has 0 aliphatic carbocycles. The van der Waals surface area contributed by atoms with E-state index in [0.717, 1.165) is 11.4 Å². The number of aromatic nitrogens is 3. The van der Waals surface area contributed by atoms with Crippen LogP contribution >= 0.6 is 11.6 Å². The molecule has 118 valence electrons. The Balaban J connectivity index is 2.01. The second-order valence-corrected chi connectivity index (χ2v) is 6.04. The Morgan fingerprint density at radius 1 is 1.26 bits per heavy atom. The zero-order valence-corrected chi connectivity index (χ0v) is 13.9. The van der Waals surface area contributed by atoms with Gasteiger partial charge in [-0.15, -0.1) is 0 Å². The van der Waals surface area contributed by atoms with Gasteiger partial charge >= 0.3 is 0 Å². The first-order valence-corrected chi connectivity index (χ1v) is 7.57. The Kier molecular flexibility index (Phi) is 3.82. The maximum absolute atomic E-state index is 12.5. The maximum Gasteiger partial charge on any atom is 0.261 e. The third-order valence-electron chi connectivity index (χ3n) is 4.18. The van der Waals surface area contributed by atoms with E-state index in [1.807, 2.05) is 31.5 Å². The molecule has 0 bridgehead atoms. The lowest BCUT2D eigenvalue weighted by molar-refractivity contribution is 0.0970. The van der Waals surface area contributed by atoms with Crippen LogP contribution in [0.4, 0.5) is 0 Å². The fourth-order valence-electron chi connectivity index (χ4n) is 2.62. The molecule has 2 heterocycles. The molecular formula is C17H16ClN3O2.